The Hall–Kier alpha value is -2.31. The lowest BCUT2D eigenvalue weighted by Gasteiger charge is -2.41. The predicted molar refractivity (Wildman–Crippen MR) is 71.8 cm³/mol. The SMILES string of the molecule is CC1(C)C(=O)NCCN1c1nc(N)cn2ccnc12. The first kappa shape index (κ1) is 11.8. The highest BCUT2D eigenvalue weighted by molar-refractivity contribution is 5.91. The van der Waals surface area contributed by atoms with Crippen LogP contribution in [0.25, 0.3) is 5.65 Å². The molecule has 1 fully saturated rings. The summed E-state index contributed by atoms with van der Waals surface area (Å²) < 4.78 is 1.82. The van der Waals surface area contributed by atoms with Crippen molar-refractivity contribution in [3.05, 3.63) is 18.6 Å². The molecule has 0 spiro atoms. The molecule has 0 atom stereocenters. The lowest BCUT2D eigenvalue weighted by molar-refractivity contribution is -0.126. The highest BCUT2D eigenvalue weighted by Gasteiger charge is 2.39. The lowest BCUT2D eigenvalue weighted by atomic mass is 9.99. The fourth-order valence-corrected chi connectivity index (χ4v) is 2.39. The summed E-state index contributed by atoms with van der Waals surface area (Å²) in [5.74, 6) is 1.03. The minimum Gasteiger partial charge on any atom is -0.382 e. The van der Waals surface area contributed by atoms with Crippen molar-refractivity contribution in [2.45, 2.75) is 19.4 Å². The third-order valence-corrected chi connectivity index (χ3v) is 3.48. The van der Waals surface area contributed by atoms with Gasteiger partial charge in [-0.1, -0.05) is 0 Å². The van der Waals surface area contributed by atoms with Gasteiger partial charge in [0.1, 0.15) is 11.4 Å². The zero-order valence-electron chi connectivity index (χ0n) is 10.9. The van der Waals surface area contributed by atoms with E-state index in [1.54, 1.807) is 12.4 Å². The predicted octanol–water partition coefficient (Wildman–Crippen LogP) is 0.0263. The van der Waals surface area contributed by atoms with Crippen molar-refractivity contribution in [3.8, 4) is 0 Å². The van der Waals surface area contributed by atoms with Crippen LogP contribution in [0.2, 0.25) is 0 Å². The molecule has 1 amide bonds. The lowest BCUT2D eigenvalue weighted by Crippen LogP contribution is -2.62. The van der Waals surface area contributed by atoms with E-state index in [1.807, 2.05) is 29.3 Å². The van der Waals surface area contributed by atoms with Gasteiger partial charge in [-0.05, 0) is 13.8 Å². The number of hydrogen-bond acceptors (Lipinski definition) is 5. The average molecular weight is 260 g/mol. The molecule has 0 unspecified atom stereocenters. The Kier molecular flexibility index (Phi) is 2.38. The van der Waals surface area contributed by atoms with Crippen LogP contribution < -0.4 is 16.0 Å². The van der Waals surface area contributed by atoms with Crippen LogP contribution in [0.1, 0.15) is 13.8 Å². The quantitative estimate of drug-likeness (QED) is 0.755. The van der Waals surface area contributed by atoms with Gasteiger partial charge in [0, 0.05) is 25.5 Å². The largest absolute Gasteiger partial charge is 0.382 e. The maximum atomic E-state index is 12.0. The number of fused-ring (bicyclic) bond motifs is 1. The number of imidazole rings is 1. The number of anilines is 2. The number of rotatable bonds is 1. The van der Waals surface area contributed by atoms with Crippen LogP contribution in [-0.2, 0) is 4.79 Å². The van der Waals surface area contributed by atoms with E-state index < -0.39 is 5.54 Å². The number of nitrogens with one attached hydrogen (secondary N) is 1. The number of nitrogens with two attached hydrogens (primary N) is 1. The summed E-state index contributed by atoms with van der Waals surface area (Å²) in [6.45, 7) is 5.00. The van der Waals surface area contributed by atoms with Crippen LogP contribution in [0.3, 0.4) is 0 Å². The second-order valence-corrected chi connectivity index (χ2v) is 5.11. The molecule has 100 valence electrons. The number of piperazine rings is 1. The Bertz CT molecular complexity index is 647. The molecule has 7 heteroatoms. The smallest absolute Gasteiger partial charge is 0.245 e. The van der Waals surface area contributed by atoms with Crippen molar-refractivity contribution in [1.29, 1.82) is 0 Å². The van der Waals surface area contributed by atoms with E-state index in [0.29, 0.717) is 30.4 Å². The van der Waals surface area contributed by atoms with Gasteiger partial charge in [-0.3, -0.25) is 4.79 Å². The van der Waals surface area contributed by atoms with E-state index in [0.717, 1.165) is 0 Å². The molecular formula is C12H16N6O. The zero-order chi connectivity index (χ0) is 13.6. The number of hydrogen-bond donors (Lipinski definition) is 2. The van der Waals surface area contributed by atoms with Gasteiger partial charge in [0.15, 0.2) is 11.5 Å². The monoisotopic (exact) mass is 260 g/mol. The second-order valence-electron chi connectivity index (χ2n) is 5.11. The fraction of sp³-hybridized carbons (Fsp3) is 0.417. The van der Waals surface area contributed by atoms with Crippen LogP contribution in [0, 0.1) is 0 Å². The van der Waals surface area contributed by atoms with Crippen molar-refractivity contribution >= 4 is 23.2 Å². The zero-order valence-corrected chi connectivity index (χ0v) is 10.9. The third kappa shape index (κ3) is 1.69. The number of amides is 1. The third-order valence-electron chi connectivity index (χ3n) is 3.48. The second kappa shape index (κ2) is 3.84. The van der Waals surface area contributed by atoms with Gasteiger partial charge in [0.05, 0.1) is 6.20 Å². The molecule has 0 radical (unpaired) electrons. The summed E-state index contributed by atoms with van der Waals surface area (Å²) in [5, 5.41) is 2.86. The van der Waals surface area contributed by atoms with Gasteiger partial charge in [-0.2, -0.15) is 0 Å². The first-order valence-electron chi connectivity index (χ1n) is 6.15. The van der Waals surface area contributed by atoms with Crippen molar-refractivity contribution in [3.63, 3.8) is 0 Å². The summed E-state index contributed by atoms with van der Waals surface area (Å²) in [7, 11) is 0. The minimum absolute atomic E-state index is 0.0207. The molecule has 3 rings (SSSR count). The van der Waals surface area contributed by atoms with E-state index in [1.165, 1.54) is 0 Å². The van der Waals surface area contributed by atoms with Gasteiger partial charge in [-0.15, -0.1) is 0 Å². The van der Waals surface area contributed by atoms with Gasteiger partial charge in [0.2, 0.25) is 5.91 Å². The Balaban J connectivity index is 2.18. The molecule has 0 saturated carbocycles. The van der Waals surface area contributed by atoms with Crippen molar-refractivity contribution in [1.82, 2.24) is 19.7 Å². The van der Waals surface area contributed by atoms with Crippen molar-refractivity contribution in [2.24, 2.45) is 0 Å². The molecule has 7 nitrogen and oxygen atoms in total. The van der Waals surface area contributed by atoms with Gasteiger partial charge >= 0.3 is 0 Å². The van der Waals surface area contributed by atoms with Crippen LogP contribution >= 0.6 is 0 Å². The normalized spacial score (nSPS) is 18.6. The molecule has 19 heavy (non-hydrogen) atoms. The highest BCUT2D eigenvalue weighted by Crippen LogP contribution is 2.28. The molecule has 1 aliphatic heterocycles. The number of carbonyl (C=O) groups is 1. The minimum atomic E-state index is -0.675. The standard InChI is InChI=1S/C12H16N6O/c1-12(2)11(19)15-4-6-18(12)10-9-14-3-5-17(9)7-8(13)16-10/h3,5,7H,4,6,13H2,1-2H3,(H,15,19). The van der Waals surface area contributed by atoms with Crippen molar-refractivity contribution < 1.29 is 4.79 Å². The molecule has 0 bridgehead atoms. The van der Waals surface area contributed by atoms with Crippen LogP contribution in [0.4, 0.5) is 11.6 Å². The number of aromatic nitrogens is 3. The summed E-state index contributed by atoms with van der Waals surface area (Å²) >= 11 is 0. The van der Waals surface area contributed by atoms with E-state index in [2.05, 4.69) is 15.3 Å². The Labute approximate surface area is 110 Å². The van der Waals surface area contributed by atoms with E-state index in [4.69, 9.17) is 5.73 Å². The Morgan fingerprint density at radius 2 is 2.26 bits per heavy atom. The summed E-state index contributed by atoms with van der Waals surface area (Å²) in [4.78, 5) is 22.6. The summed E-state index contributed by atoms with van der Waals surface area (Å²) in [5.41, 5.74) is 5.86. The Morgan fingerprint density at radius 3 is 3.05 bits per heavy atom. The molecule has 1 saturated heterocycles. The maximum absolute atomic E-state index is 12.0. The molecule has 2 aromatic heterocycles. The van der Waals surface area contributed by atoms with E-state index in [-0.39, 0.29) is 5.91 Å². The van der Waals surface area contributed by atoms with E-state index in [9.17, 15) is 4.79 Å². The highest BCUT2D eigenvalue weighted by atomic mass is 16.2. The number of nitrogen functional groups attached to an aromatic ring is 1. The number of nitrogens with zero attached hydrogens (tertiary/aromatic N) is 4. The molecule has 0 aromatic carbocycles. The number of carbonyl (C=O) groups excluding carboxylic acids is 1. The average Bonchev–Trinajstić information content (AvgIpc) is 2.79. The van der Waals surface area contributed by atoms with Crippen LogP contribution in [-0.4, -0.2) is 38.9 Å². The first-order chi connectivity index (χ1) is 9.00. The van der Waals surface area contributed by atoms with Crippen molar-refractivity contribution in [2.75, 3.05) is 23.7 Å². The Morgan fingerprint density at radius 1 is 1.47 bits per heavy atom. The van der Waals surface area contributed by atoms with E-state index >= 15 is 0 Å². The summed E-state index contributed by atoms with van der Waals surface area (Å²) in [6.07, 6.45) is 5.22. The summed E-state index contributed by atoms with van der Waals surface area (Å²) in [6, 6.07) is 0. The molecular weight excluding hydrogens is 244 g/mol. The van der Waals surface area contributed by atoms with Gasteiger partial charge in [-0.25, -0.2) is 9.97 Å². The molecule has 2 aromatic rings. The first-order valence-corrected chi connectivity index (χ1v) is 6.15. The topological polar surface area (TPSA) is 88.5 Å². The molecule has 1 aliphatic rings. The molecule has 3 heterocycles. The maximum Gasteiger partial charge on any atom is 0.245 e. The molecule has 0 aliphatic carbocycles. The van der Waals surface area contributed by atoms with Crippen LogP contribution in [0.15, 0.2) is 18.6 Å². The fourth-order valence-electron chi connectivity index (χ4n) is 2.39. The molecule has 3 N–H and O–H groups in total. The van der Waals surface area contributed by atoms with Gasteiger partial charge < -0.3 is 20.4 Å². The van der Waals surface area contributed by atoms with Crippen LogP contribution in [0.5, 0.6) is 0 Å². The van der Waals surface area contributed by atoms with Gasteiger partial charge in [0.25, 0.3) is 0 Å².